The first-order valence-corrected chi connectivity index (χ1v) is 4.87. The molecular formula is C10H8F2N4O2. The molecule has 0 heterocycles. The number of halogens is 2. The van der Waals surface area contributed by atoms with Gasteiger partial charge in [-0.3, -0.25) is 10.1 Å². The summed E-state index contributed by atoms with van der Waals surface area (Å²) in [4.78, 5) is 11.8. The van der Waals surface area contributed by atoms with Crippen molar-refractivity contribution in [3.05, 3.63) is 56.0 Å². The minimum atomic E-state index is -1.23. The van der Waals surface area contributed by atoms with Gasteiger partial charge in [-0.2, -0.15) is 8.78 Å². The van der Waals surface area contributed by atoms with E-state index in [0.29, 0.717) is 6.42 Å². The highest BCUT2D eigenvalue weighted by Crippen LogP contribution is 2.23. The molecule has 0 bridgehead atoms. The molecule has 0 spiro atoms. The fourth-order valence-corrected chi connectivity index (χ4v) is 1.25. The monoisotopic (exact) mass is 254 g/mol. The SMILES string of the molecule is [N-]=[N+]=NCCC=Cc1cc(F)c([N+](=O)[O-])c(F)c1. The molecule has 0 aliphatic heterocycles. The highest BCUT2D eigenvalue weighted by molar-refractivity contribution is 5.53. The number of benzene rings is 1. The first kappa shape index (κ1) is 13.6. The number of nitro groups is 1. The second kappa shape index (κ2) is 6.31. The number of rotatable bonds is 5. The molecule has 1 rings (SSSR count). The summed E-state index contributed by atoms with van der Waals surface area (Å²) < 4.78 is 26.4. The molecule has 0 saturated carbocycles. The van der Waals surface area contributed by atoms with Crippen LogP contribution in [0.5, 0.6) is 0 Å². The molecule has 8 heteroatoms. The largest absolute Gasteiger partial charge is 0.340 e. The van der Waals surface area contributed by atoms with E-state index < -0.39 is 22.2 Å². The van der Waals surface area contributed by atoms with Crippen molar-refractivity contribution < 1.29 is 13.7 Å². The Bertz CT molecular complexity index is 516. The van der Waals surface area contributed by atoms with Crippen molar-refractivity contribution in [2.75, 3.05) is 6.54 Å². The average molecular weight is 254 g/mol. The molecule has 0 fully saturated rings. The van der Waals surface area contributed by atoms with Gasteiger partial charge in [-0.05, 0) is 29.6 Å². The Balaban J connectivity index is 2.86. The quantitative estimate of drug-likeness (QED) is 0.200. The summed E-state index contributed by atoms with van der Waals surface area (Å²) >= 11 is 0. The van der Waals surface area contributed by atoms with Crippen LogP contribution in [0.2, 0.25) is 0 Å². The molecule has 0 atom stereocenters. The van der Waals surface area contributed by atoms with Gasteiger partial charge in [-0.15, -0.1) is 0 Å². The van der Waals surface area contributed by atoms with Crippen molar-refractivity contribution in [1.82, 2.24) is 0 Å². The Kier molecular flexibility index (Phi) is 4.77. The summed E-state index contributed by atoms with van der Waals surface area (Å²) in [6.45, 7) is 0.227. The van der Waals surface area contributed by atoms with Gasteiger partial charge in [0.15, 0.2) is 0 Å². The van der Waals surface area contributed by atoms with E-state index in [2.05, 4.69) is 10.0 Å². The minimum absolute atomic E-state index is 0.163. The van der Waals surface area contributed by atoms with Crippen LogP contribution in [-0.4, -0.2) is 11.5 Å². The van der Waals surface area contributed by atoms with Gasteiger partial charge in [0.05, 0.1) is 4.92 Å². The molecule has 0 radical (unpaired) electrons. The van der Waals surface area contributed by atoms with Crippen LogP contribution in [0.1, 0.15) is 12.0 Å². The molecule has 0 unspecified atom stereocenters. The van der Waals surface area contributed by atoms with Gasteiger partial charge >= 0.3 is 5.69 Å². The molecule has 6 nitrogen and oxygen atoms in total. The van der Waals surface area contributed by atoms with Gasteiger partial charge in [0, 0.05) is 11.5 Å². The van der Waals surface area contributed by atoms with Crippen molar-refractivity contribution in [1.29, 1.82) is 0 Å². The van der Waals surface area contributed by atoms with E-state index in [1.54, 1.807) is 6.08 Å². The maximum absolute atomic E-state index is 13.2. The number of hydrogen-bond acceptors (Lipinski definition) is 3. The second-order valence-electron chi connectivity index (χ2n) is 3.24. The van der Waals surface area contributed by atoms with Gasteiger partial charge in [-0.1, -0.05) is 17.3 Å². The van der Waals surface area contributed by atoms with E-state index in [0.717, 1.165) is 12.1 Å². The van der Waals surface area contributed by atoms with Crippen LogP contribution in [-0.2, 0) is 0 Å². The van der Waals surface area contributed by atoms with Crippen LogP contribution in [0.25, 0.3) is 16.5 Å². The van der Waals surface area contributed by atoms with Crippen LogP contribution in [0.4, 0.5) is 14.5 Å². The van der Waals surface area contributed by atoms with E-state index in [9.17, 15) is 18.9 Å². The molecule has 1 aromatic carbocycles. The Hall–Kier alpha value is -2.47. The number of nitro benzene ring substituents is 1. The molecule has 0 saturated heterocycles. The predicted molar refractivity (Wildman–Crippen MR) is 60.7 cm³/mol. The van der Waals surface area contributed by atoms with Crippen molar-refractivity contribution in [3.8, 4) is 0 Å². The van der Waals surface area contributed by atoms with E-state index in [1.807, 2.05) is 0 Å². The van der Waals surface area contributed by atoms with Crippen molar-refractivity contribution in [2.45, 2.75) is 6.42 Å². The number of nitrogens with zero attached hydrogens (tertiary/aromatic N) is 4. The smallest absolute Gasteiger partial charge is 0.258 e. The fourth-order valence-electron chi connectivity index (χ4n) is 1.25. The second-order valence-corrected chi connectivity index (χ2v) is 3.24. The lowest BCUT2D eigenvalue weighted by atomic mass is 10.1. The topological polar surface area (TPSA) is 91.9 Å². The molecule has 0 aromatic heterocycles. The van der Waals surface area contributed by atoms with Gasteiger partial charge in [0.1, 0.15) is 0 Å². The normalized spacial score (nSPS) is 10.3. The zero-order chi connectivity index (χ0) is 13.5. The lowest BCUT2D eigenvalue weighted by Gasteiger charge is -1.98. The van der Waals surface area contributed by atoms with Crippen LogP contribution >= 0.6 is 0 Å². The maximum atomic E-state index is 13.2. The molecule has 18 heavy (non-hydrogen) atoms. The van der Waals surface area contributed by atoms with E-state index in [-0.39, 0.29) is 12.1 Å². The average Bonchev–Trinajstić information content (AvgIpc) is 2.27. The third-order valence-electron chi connectivity index (χ3n) is 1.99. The number of hydrogen-bond donors (Lipinski definition) is 0. The predicted octanol–water partition coefficient (Wildman–Crippen LogP) is 3.59. The third kappa shape index (κ3) is 3.53. The molecule has 0 N–H and O–H groups in total. The standard InChI is InChI=1S/C10H8F2N4O2/c11-8-5-7(3-1-2-4-14-15-13)6-9(12)10(8)16(17)18/h1,3,5-6H,2,4H2. The molecule has 0 aliphatic carbocycles. The van der Waals surface area contributed by atoms with E-state index in [1.165, 1.54) is 6.08 Å². The molecule has 0 aliphatic rings. The van der Waals surface area contributed by atoms with Crippen LogP contribution in [0, 0.1) is 21.7 Å². The van der Waals surface area contributed by atoms with Crippen LogP contribution in [0.3, 0.4) is 0 Å². The highest BCUT2D eigenvalue weighted by atomic mass is 19.1. The van der Waals surface area contributed by atoms with Crippen molar-refractivity contribution >= 4 is 11.8 Å². The highest BCUT2D eigenvalue weighted by Gasteiger charge is 2.21. The Morgan fingerprint density at radius 2 is 2.06 bits per heavy atom. The Labute approximate surface area is 100 Å². The summed E-state index contributed by atoms with van der Waals surface area (Å²) in [6, 6.07) is 1.73. The zero-order valence-electron chi connectivity index (χ0n) is 9.08. The summed E-state index contributed by atoms with van der Waals surface area (Å²) in [5.74, 6) is -2.45. The molecule has 0 amide bonds. The van der Waals surface area contributed by atoms with E-state index in [4.69, 9.17) is 5.53 Å². The number of azide groups is 1. The van der Waals surface area contributed by atoms with Gasteiger partial charge in [-0.25, -0.2) is 0 Å². The summed E-state index contributed by atoms with van der Waals surface area (Å²) in [5.41, 5.74) is 7.01. The Morgan fingerprint density at radius 3 is 2.56 bits per heavy atom. The fraction of sp³-hybridized carbons (Fsp3) is 0.200. The first-order valence-electron chi connectivity index (χ1n) is 4.87. The zero-order valence-corrected chi connectivity index (χ0v) is 9.08. The van der Waals surface area contributed by atoms with Gasteiger partial charge < -0.3 is 0 Å². The maximum Gasteiger partial charge on any atom is 0.340 e. The Morgan fingerprint density at radius 1 is 1.44 bits per heavy atom. The van der Waals surface area contributed by atoms with E-state index >= 15 is 0 Å². The third-order valence-corrected chi connectivity index (χ3v) is 1.99. The van der Waals surface area contributed by atoms with Crippen molar-refractivity contribution in [3.63, 3.8) is 0 Å². The summed E-state index contributed by atoms with van der Waals surface area (Å²) in [7, 11) is 0. The first-order chi connectivity index (χ1) is 8.56. The van der Waals surface area contributed by atoms with Crippen LogP contribution in [0.15, 0.2) is 23.3 Å². The lowest BCUT2D eigenvalue weighted by molar-refractivity contribution is -0.390. The van der Waals surface area contributed by atoms with Gasteiger partial charge in [0.2, 0.25) is 11.6 Å². The minimum Gasteiger partial charge on any atom is -0.258 e. The van der Waals surface area contributed by atoms with Crippen LogP contribution < -0.4 is 0 Å². The molecule has 94 valence electrons. The van der Waals surface area contributed by atoms with Crippen molar-refractivity contribution in [2.24, 2.45) is 5.11 Å². The van der Waals surface area contributed by atoms with Gasteiger partial charge in [0.25, 0.3) is 0 Å². The molecular weight excluding hydrogens is 246 g/mol. The summed E-state index contributed by atoms with van der Waals surface area (Å²) in [6.07, 6.45) is 3.35. The molecule has 1 aromatic rings. The lowest BCUT2D eigenvalue weighted by Crippen LogP contribution is -1.97. The summed E-state index contributed by atoms with van der Waals surface area (Å²) in [5, 5.41) is 13.6.